The summed E-state index contributed by atoms with van der Waals surface area (Å²) in [4.78, 5) is 12.5. The van der Waals surface area contributed by atoms with Crippen molar-refractivity contribution in [2.24, 2.45) is 7.05 Å². The zero-order valence-corrected chi connectivity index (χ0v) is 13.4. The first-order valence-corrected chi connectivity index (χ1v) is 7.43. The van der Waals surface area contributed by atoms with Crippen LogP contribution in [0.5, 0.6) is 0 Å². The van der Waals surface area contributed by atoms with E-state index in [1.807, 2.05) is 55.9 Å². The van der Waals surface area contributed by atoms with Gasteiger partial charge in [0.25, 0.3) is 5.91 Å². The van der Waals surface area contributed by atoms with Gasteiger partial charge in [0.05, 0.1) is 17.8 Å². The highest BCUT2D eigenvalue weighted by Crippen LogP contribution is 2.16. The van der Waals surface area contributed by atoms with Crippen LogP contribution in [0, 0.1) is 13.8 Å². The maximum absolute atomic E-state index is 12.5. The quantitative estimate of drug-likeness (QED) is 0.805. The molecule has 23 heavy (non-hydrogen) atoms. The first-order valence-electron chi connectivity index (χ1n) is 7.43. The van der Waals surface area contributed by atoms with Crippen LogP contribution in [0.15, 0.2) is 42.6 Å². The highest BCUT2D eigenvalue weighted by molar-refractivity contribution is 6.05. The zero-order valence-electron chi connectivity index (χ0n) is 13.4. The minimum Gasteiger partial charge on any atom is -0.305 e. The fraction of sp³-hybridized carbons (Fsp3) is 0.235. The Labute approximate surface area is 134 Å². The lowest BCUT2D eigenvalue weighted by molar-refractivity contribution is 0.102. The van der Waals surface area contributed by atoms with Crippen molar-refractivity contribution in [3.63, 3.8) is 0 Å². The number of carbonyl (C=O) groups is 1. The molecule has 6 heteroatoms. The highest BCUT2D eigenvalue weighted by atomic mass is 16.1. The Morgan fingerprint density at radius 3 is 2.52 bits per heavy atom. The molecule has 2 heterocycles. The van der Waals surface area contributed by atoms with Crippen LogP contribution in [0.25, 0.3) is 0 Å². The van der Waals surface area contributed by atoms with E-state index >= 15 is 0 Å². The van der Waals surface area contributed by atoms with E-state index in [1.54, 1.807) is 16.9 Å². The molecular formula is C17H19N5O. The summed E-state index contributed by atoms with van der Waals surface area (Å²) in [5.74, 6) is 0.352. The second kappa shape index (κ2) is 6.08. The number of anilines is 1. The van der Waals surface area contributed by atoms with Crippen LogP contribution in [0.1, 0.15) is 27.3 Å². The van der Waals surface area contributed by atoms with E-state index in [4.69, 9.17) is 0 Å². The van der Waals surface area contributed by atoms with Gasteiger partial charge in [-0.1, -0.05) is 30.3 Å². The van der Waals surface area contributed by atoms with Gasteiger partial charge in [0.2, 0.25) is 0 Å². The predicted octanol–water partition coefficient (Wildman–Crippen LogP) is 2.53. The molecule has 2 aromatic heterocycles. The molecular weight excluding hydrogens is 290 g/mol. The van der Waals surface area contributed by atoms with Crippen molar-refractivity contribution in [1.82, 2.24) is 19.6 Å². The second-order valence-electron chi connectivity index (χ2n) is 5.52. The van der Waals surface area contributed by atoms with Crippen molar-refractivity contribution in [2.75, 3.05) is 5.32 Å². The van der Waals surface area contributed by atoms with Crippen LogP contribution < -0.4 is 5.32 Å². The summed E-state index contributed by atoms with van der Waals surface area (Å²) in [5.41, 5.74) is 3.31. The summed E-state index contributed by atoms with van der Waals surface area (Å²) in [6.07, 6.45) is 1.79. The molecule has 0 spiro atoms. The summed E-state index contributed by atoms with van der Waals surface area (Å²) in [5, 5.41) is 11.5. The molecule has 0 unspecified atom stereocenters. The molecule has 3 aromatic rings. The van der Waals surface area contributed by atoms with E-state index < -0.39 is 0 Å². The van der Waals surface area contributed by atoms with E-state index in [0.717, 1.165) is 11.3 Å². The van der Waals surface area contributed by atoms with Gasteiger partial charge in [-0.05, 0) is 19.4 Å². The molecule has 1 aromatic carbocycles. The normalized spacial score (nSPS) is 10.7. The third-order valence-corrected chi connectivity index (χ3v) is 3.74. The highest BCUT2D eigenvalue weighted by Gasteiger charge is 2.19. The SMILES string of the molecule is Cc1nn(Cc2ccccc2)c(C)c1C(=O)Nc1ccn(C)n1. The van der Waals surface area contributed by atoms with E-state index in [-0.39, 0.29) is 5.91 Å². The Bertz CT molecular complexity index is 832. The Hall–Kier alpha value is -2.89. The lowest BCUT2D eigenvalue weighted by Gasteiger charge is -2.06. The van der Waals surface area contributed by atoms with E-state index in [2.05, 4.69) is 15.5 Å². The van der Waals surface area contributed by atoms with Gasteiger partial charge in [-0.15, -0.1) is 0 Å². The van der Waals surface area contributed by atoms with E-state index in [9.17, 15) is 4.79 Å². The molecule has 118 valence electrons. The van der Waals surface area contributed by atoms with Gasteiger partial charge in [-0.3, -0.25) is 14.2 Å². The summed E-state index contributed by atoms with van der Waals surface area (Å²) >= 11 is 0. The molecule has 0 aliphatic carbocycles. The molecule has 0 radical (unpaired) electrons. The van der Waals surface area contributed by atoms with Crippen LogP contribution in [0.3, 0.4) is 0 Å². The van der Waals surface area contributed by atoms with Crippen molar-refractivity contribution >= 4 is 11.7 Å². The third kappa shape index (κ3) is 3.15. The maximum Gasteiger partial charge on any atom is 0.260 e. The molecule has 0 fully saturated rings. The third-order valence-electron chi connectivity index (χ3n) is 3.74. The minimum atomic E-state index is -0.182. The van der Waals surface area contributed by atoms with Crippen LogP contribution in [0.4, 0.5) is 5.82 Å². The largest absolute Gasteiger partial charge is 0.305 e. The van der Waals surface area contributed by atoms with Crippen molar-refractivity contribution in [1.29, 1.82) is 0 Å². The number of rotatable bonds is 4. The van der Waals surface area contributed by atoms with E-state index in [1.165, 1.54) is 0 Å². The average molecular weight is 309 g/mol. The topological polar surface area (TPSA) is 64.7 Å². The lowest BCUT2D eigenvalue weighted by Crippen LogP contribution is -2.15. The van der Waals surface area contributed by atoms with E-state index in [0.29, 0.717) is 23.6 Å². The molecule has 3 rings (SSSR count). The molecule has 0 aliphatic rings. The molecule has 0 bridgehead atoms. The van der Waals surface area contributed by atoms with Crippen LogP contribution in [0.2, 0.25) is 0 Å². The Morgan fingerprint density at radius 2 is 1.87 bits per heavy atom. The van der Waals surface area contributed by atoms with Crippen LogP contribution >= 0.6 is 0 Å². The van der Waals surface area contributed by atoms with Gasteiger partial charge in [-0.25, -0.2) is 0 Å². The molecule has 0 aliphatic heterocycles. The second-order valence-corrected chi connectivity index (χ2v) is 5.52. The van der Waals surface area contributed by atoms with Crippen molar-refractivity contribution in [3.05, 3.63) is 65.1 Å². The number of nitrogens with one attached hydrogen (secondary N) is 1. The first kappa shape index (κ1) is 15.0. The monoisotopic (exact) mass is 309 g/mol. The Balaban J connectivity index is 1.84. The fourth-order valence-corrected chi connectivity index (χ4v) is 2.60. The number of aryl methyl sites for hydroxylation is 2. The molecule has 0 atom stereocenters. The van der Waals surface area contributed by atoms with Crippen LogP contribution in [-0.2, 0) is 13.6 Å². The van der Waals surface area contributed by atoms with Gasteiger partial charge in [0.1, 0.15) is 0 Å². The van der Waals surface area contributed by atoms with Crippen LogP contribution in [-0.4, -0.2) is 25.5 Å². The van der Waals surface area contributed by atoms with Gasteiger partial charge >= 0.3 is 0 Å². The summed E-state index contributed by atoms with van der Waals surface area (Å²) in [7, 11) is 1.81. The summed E-state index contributed by atoms with van der Waals surface area (Å²) in [6.45, 7) is 4.41. The fourth-order valence-electron chi connectivity index (χ4n) is 2.60. The number of carbonyl (C=O) groups excluding carboxylic acids is 1. The first-order chi connectivity index (χ1) is 11.0. The number of nitrogens with zero attached hydrogens (tertiary/aromatic N) is 4. The molecule has 1 amide bonds. The predicted molar refractivity (Wildman–Crippen MR) is 88.4 cm³/mol. The van der Waals surface area contributed by atoms with Gasteiger partial charge < -0.3 is 5.32 Å². The smallest absolute Gasteiger partial charge is 0.260 e. The minimum absolute atomic E-state index is 0.182. The zero-order chi connectivity index (χ0) is 16.4. The molecule has 6 nitrogen and oxygen atoms in total. The summed E-state index contributed by atoms with van der Waals surface area (Å²) < 4.78 is 3.51. The molecule has 0 saturated carbocycles. The molecule has 1 N–H and O–H groups in total. The Morgan fingerprint density at radius 1 is 1.13 bits per heavy atom. The van der Waals surface area contributed by atoms with Gasteiger partial charge in [-0.2, -0.15) is 10.2 Å². The lowest BCUT2D eigenvalue weighted by atomic mass is 10.2. The standard InChI is InChI=1S/C17H19N5O/c1-12-16(17(23)18-15-9-10-21(3)20-15)13(2)22(19-12)11-14-7-5-4-6-8-14/h4-10H,11H2,1-3H3,(H,18,20,23). The van der Waals surface area contributed by atoms with Gasteiger partial charge in [0.15, 0.2) is 5.82 Å². The van der Waals surface area contributed by atoms with Crippen molar-refractivity contribution < 1.29 is 4.79 Å². The molecule has 0 saturated heterocycles. The summed E-state index contributed by atoms with van der Waals surface area (Å²) in [6, 6.07) is 11.8. The number of hydrogen-bond acceptors (Lipinski definition) is 3. The van der Waals surface area contributed by atoms with Crippen molar-refractivity contribution in [2.45, 2.75) is 20.4 Å². The average Bonchev–Trinajstić information content (AvgIpc) is 3.04. The maximum atomic E-state index is 12.5. The van der Waals surface area contributed by atoms with Crippen molar-refractivity contribution in [3.8, 4) is 0 Å². The number of amides is 1. The number of aromatic nitrogens is 4. The van der Waals surface area contributed by atoms with Gasteiger partial charge in [0, 0.05) is 25.0 Å². The number of benzene rings is 1. The number of hydrogen-bond donors (Lipinski definition) is 1. The Kier molecular flexibility index (Phi) is 3.97.